The highest BCUT2D eigenvalue weighted by Crippen LogP contribution is 2.69. The van der Waals surface area contributed by atoms with Gasteiger partial charge in [-0.2, -0.15) is 0 Å². The van der Waals surface area contributed by atoms with Crippen molar-refractivity contribution in [2.45, 2.75) is 90.8 Å². The maximum Gasteiger partial charge on any atom is 0.0622 e. The third-order valence-corrected chi connectivity index (χ3v) is 10.2. The number of aliphatic hydroxyl groups excluding tert-OH is 1. The van der Waals surface area contributed by atoms with Crippen LogP contribution >= 0.6 is 0 Å². The molecule has 0 heterocycles. The second-order valence-corrected chi connectivity index (χ2v) is 11.6. The van der Waals surface area contributed by atoms with Gasteiger partial charge in [0, 0.05) is 13.7 Å². The Morgan fingerprint density at radius 2 is 1.70 bits per heavy atom. The molecule has 0 aromatic carbocycles. The molecule has 4 rings (SSSR count). The highest BCUT2D eigenvalue weighted by Gasteiger charge is 2.63. The minimum atomic E-state index is -0.484. The van der Waals surface area contributed by atoms with E-state index in [0.717, 1.165) is 37.2 Å². The van der Waals surface area contributed by atoms with Gasteiger partial charge >= 0.3 is 0 Å². The first kappa shape index (κ1) is 20.2. The van der Waals surface area contributed by atoms with E-state index in [-0.39, 0.29) is 6.10 Å². The van der Waals surface area contributed by atoms with Crippen molar-refractivity contribution in [3.63, 3.8) is 0 Å². The van der Waals surface area contributed by atoms with Crippen molar-refractivity contribution >= 4 is 0 Å². The van der Waals surface area contributed by atoms with Gasteiger partial charge in [0.05, 0.1) is 11.7 Å². The highest BCUT2D eigenvalue weighted by atomic mass is 16.5. The van der Waals surface area contributed by atoms with Crippen LogP contribution in [0, 0.1) is 46.3 Å². The molecule has 0 spiro atoms. The second-order valence-electron chi connectivity index (χ2n) is 11.6. The number of fused-ring (bicyclic) bond motifs is 5. The minimum absolute atomic E-state index is 0.186. The number of hydrogen-bond donors (Lipinski definition) is 2. The molecular formula is C24H42O3. The molecule has 3 heteroatoms. The van der Waals surface area contributed by atoms with E-state index in [2.05, 4.69) is 13.8 Å². The molecule has 3 nitrogen and oxygen atoms in total. The average Bonchev–Trinajstić information content (AvgIpc) is 2.93. The molecule has 0 aromatic heterocycles. The molecular weight excluding hydrogens is 336 g/mol. The van der Waals surface area contributed by atoms with Crippen LogP contribution in [0.3, 0.4) is 0 Å². The zero-order valence-electron chi connectivity index (χ0n) is 18.2. The van der Waals surface area contributed by atoms with E-state index in [4.69, 9.17) is 4.74 Å². The lowest BCUT2D eigenvalue weighted by Crippen LogP contribution is -2.59. The second kappa shape index (κ2) is 6.71. The average molecular weight is 379 g/mol. The molecule has 10 atom stereocenters. The van der Waals surface area contributed by atoms with Crippen LogP contribution in [0.1, 0.15) is 79.1 Å². The Balaban J connectivity index is 1.68. The van der Waals surface area contributed by atoms with E-state index in [9.17, 15) is 10.2 Å². The summed E-state index contributed by atoms with van der Waals surface area (Å²) < 4.78 is 5.74. The lowest BCUT2D eigenvalue weighted by molar-refractivity contribution is -0.176. The fourth-order valence-electron chi connectivity index (χ4n) is 8.82. The van der Waals surface area contributed by atoms with Crippen molar-refractivity contribution in [3.05, 3.63) is 0 Å². The summed E-state index contributed by atoms with van der Waals surface area (Å²) in [5, 5.41) is 21.2. The van der Waals surface area contributed by atoms with Crippen molar-refractivity contribution in [2.75, 3.05) is 13.7 Å². The van der Waals surface area contributed by atoms with Gasteiger partial charge in [0.25, 0.3) is 0 Å². The summed E-state index contributed by atoms with van der Waals surface area (Å²) >= 11 is 0. The van der Waals surface area contributed by atoms with E-state index < -0.39 is 5.60 Å². The van der Waals surface area contributed by atoms with Crippen LogP contribution in [-0.2, 0) is 4.74 Å². The molecule has 0 radical (unpaired) electrons. The third-order valence-electron chi connectivity index (χ3n) is 10.2. The number of methoxy groups -OCH3 is 1. The zero-order valence-corrected chi connectivity index (χ0v) is 18.2. The van der Waals surface area contributed by atoms with E-state index in [1.165, 1.54) is 38.5 Å². The van der Waals surface area contributed by atoms with Gasteiger partial charge in [-0.3, -0.25) is 0 Å². The van der Waals surface area contributed by atoms with Crippen LogP contribution in [0.4, 0.5) is 0 Å². The van der Waals surface area contributed by atoms with Gasteiger partial charge in [0.2, 0.25) is 0 Å². The molecule has 4 aliphatic carbocycles. The Morgan fingerprint density at radius 1 is 1.00 bits per heavy atom. The van der Waals surface area contributed by atoms with Gasteiger partial charge < -0.3 is 14.9 Å². The SMILES string of the molecule is COC[C@H]1C[C@H]2C[C@](C)(O)CC[C@]2(C)[C@H]2CC[C@]3(C)C(C(C)O)CC[C@H]3[C@H]12. The Labute approximate surface area is 166 Å². The lowest BCUT2D eigenvalue weighted by atomic mass is 9.41. The molecule has 0 amide bonds. The van der Waals surface area contributed by atoms with Crippen LogP contribution in [0.2, 0.25) is 0 Å². The number of aliphatic hydroxyl groups is 2. The van der Waals surface area contributed by atoms with Crippen molar-refractivity contribution in [1.29, 1.82) is 0 Å². The van der Waals surface area contributed by atoms with Gasteiger partial charge in [-0.25, -0.2) is 0 Å². The van der Waals surface area contributed by atoms with E-state index in [0.29, 0.717) is 28.6 Å². The van der Waals surface area contributed by atoms with Gasteiger partial charge in [-0.05, 0) is 112 Å². The summed E-state index contributed by atoms with van der Waals surface area (Å²) in [6.45, 7) is 9.96. The minimum Gasteiger partial charge on any atom is -0.393 e. The first-order valence-electron chi connectivity index (χ1n) is 11.5. The molecule has 4 aliphatic rings. The standard InChI is InChI=1S/C24H42O3/c1-15(25)18-6-7-19-21-16(14-27-5)12-17-13-22(2,26)10-11-23(17,3)20(21)8-9-24(18,19)4/h15-21,25-26H,6-14H2,1-5H3/t15?,16-,17+,18?,19+,20+,21+,22-,23+,24-/m1/s1. The molecule has 2 N–H and O–H groups in total. The number of hydrogen-bond acceptors (Lipinski definition) is 3. The van der Waals surface area contributed by atoms with Crippen molar-refractivity contribution in [1.82, 2.24) is 0 Å². The Kier molecular flexibility index (Phi) is 5.01. The van der Waals surface area contributed by atoms with Crippen LogP contribution < -0.4 is 0 Å². The maximum atomic E-state index is 10.8. The van der Waals surface area contributed by atoms with Crippen LogP contribution in [0.25, 0.3) is 0 Å². The van der Waals surface area contributed by atoms with Crippen LogP contribution in [0.5, 0.6) is 0 Å². The normalized spacial score (nSPS) is 56.1. The highest BCUT2D eigenvalue weighted by molar-refractivity contribution is 5.12. The topological polar surface area (TPSA) is 49.7 Å². The van der Waals surface area contributed by atoms with Crippen molar-refractivity contribution in [3.8, 4) is 0 Å². The molecule has 0 aromatic rings. The molecule has 4 fully saturated rings. The molecule has 0 saturated heterocycles. The first-order valence-corrected chi connectivity index (χ1v) is 11.5. The largest absolute Gasteiger partial charge is 0.393 e. The van der Waals surface area contributed by atoms with Gasteiger partial charge in [0.15, 0.2) is 0 Å². The molecule has 156 valence electrons. The Morgan fingerprint density at radius 3 is 2.37 bits per heavy atom. The van der Waals surface area contributed by atoms with Crippen LogP contribution in [-0.4, -0.2) is 35.6 Å². The summed E-state index contributed by atoms with van der Waals surface area (Å²) in [6, 6.07) is 0. The maximum absolute atomic E-state index is 10.8. The molecule has 0 aliphatic heterocycles. The van der Waals surface area contributed by atoms with Gasteiger partial charge in [0.1, 0.15) is 0 Å². The van der Waals surface area contributed by atoms with Crippen molar-refractivity contribution in [2.24, 2.45) is 46.3 Å². The molecule has 0 bridgehead atoms. The predicted octanol–water partition coefficient (Wildman–Crippen LogP) is 4.65. The van der Waals surface area contributed by atoms with Crippen molar-refractivity contribution < 1.29 is 14.9 Å². The van der Waals surface area contributed by atoms with E-state index in [1.807, 2.05) is 21.0 Å². The predicted molar refractivity (Wildman–Crippen MR) is 108 cm³/mol. The first-order chi connectivity index (χ1) is 12.6. The number of rotatable bonds is 3. The van der Waals surface area contributed by atoms with E-state index in [1.54, 1.807) is 0 Å². The Bertz CT molecular complexity index is 558. The fraction of sp³-hybridized carbons (Fsp3) is 1.00. The van der Waals surface area contributed by atoms with E-state index >= 15 is 0 Å². The summed E-state index contributed by atoms with van der Waals surface area (Å²) in [5.41, 5.74) is 0.189. The quantitative estimate of drug-likeness (QED) is 0.751. The Hall–Kier alpha value is -0.120. The fourth-order valence-corrected chi connectivity index (χ4v) is 8.82. The summed E-state index contributed by atoms with van der Waals surface area (Å²) in [6.07, 6.45) is 9.17. The zero-order chi connectivity index (χ0) is 19.6. The lowest BCUT2D eigenvalue weighted by Gasteiger charge is -2.64. The summed E-state index contributed by atoms with van der Waals surface area (Å²) in [4.78, 5) is 0. The number of ether oxygens (including phenoxy) is 1. The van der Waals surface area contributed by atoms with Gasteiger partial charge in [-0.1, -0.05) is 13.8 Å². The van der Waals surface area contributed by atoms with Crippen LogP contribution in [0.15, 0.2) is 0 Å². The van der Waals surface area contributed by atoms with Gasteiger partial charge in [-0.15, -0.1) is 0 Å². The smallest absolute Gasteiger partial charge is 0.0622 e. The monoisotopic (exact) mass is 378 g/mol. The summed E-state index contributed by atoms with van der Waals surface area (Å²) in [5.74, 6) is 3.93. The molecule has 2 unspecified atom stereocenters. The summed E-state index contributed by atoms with van der Waals surface area (Å²) in [7, 11) is 1.86. The molecule has 27 heavy (non-hydrogen) atoms. The third kappa shape index (κ3) is 3.02. The molecule has 4 saturated carbocycles.